The van der Waals surface area contributed by atoms with Crippen LogP contribution in [-0.2, 0) is 6.18 Å². The number of rotatable bonds is 5. The van der Waals surface area contributed by atoms with E-state index < -0.39 is 29.1 Å². The Morgan fingerprint density at radius 1 is 1.06 bits per heavy atom. The maximum Gasteiger partial charge on any atom is 0.416 e. The maximum atomic E-state index is 13.6. The van der Waals surface area contributed by atoms with Gasteiger partial charge in [0.05, 0.1) is 22.6 Å². The molecule has 2 heterocycles. The predicted molar refractivity (Wildman–Crippen MR) is 130 cm³/mol. The largest absolute Gasteiger partial charge is 0.490 e. The van der Waals surface area contributed by atoms with Crippen molar-refractivity contribution < 1.29 is 27.1 Å². The topological polar surface area (TPSA) is 59.8 Å². The highest BCUT2D eigenvalue weighted by molar-refractivity contribution is 6.31. The van der Waals surface area contributed by atoms with Crippen molar-refractivity contribution in [1.82, 2.24) is 0 Å². The fourth-order valence-electron chi connectivity index (χ4n) is 4.29. The monoisotopic (exact) mass is 511 g/mol. The van der Waals surface area contributed by atoms with E-state index in [0.29, 0.717) is 16.3 Å². The molecule has 5 nitrogen and oxygen atoms in total. The summed E-state index contributed by atoms with van der Waals surface area (Å²) in [6.07, 6.45) is -3.07. The fourth-order valence-corrected chi connectivity index (χ4v) is 4.46. The molecule has 1 atom stereocenters. The molecule has 0 aliphatic carbocycles. The van der Waals surface area contributed by atoms with Crippen LogP contribution in [0.15, 0.2) is 88.6 Å². The second kappa shape index (κ2) is 8.87. The molecule has 36 heavy (non-hydrogen) atoms. The molecular weight excluding hydrogens is 495 g/mol. The highest BCUT2D eigenvalue weighted by Crippen LogP contribution is 2.43. The van der Waals surface area contributed by atoms with Crippen LogP contribution in [0.2, 0.25) is 5.02 Å². The van der Waals surface area contributed by atoms with Gasteiger partial charge in [-0.05, 0) is 54.1 Å². The molecule has 1 unspecified atom stereocenters. The van der Waals surface area contributed by atoms with Crippen LogP contribution >= 0.6 is 11.6 Å². The summed E-state index contributed by atoms with van der Waals surface area (Å²) in [7, 11) is 0. The van der Waals surface area contributed by atoms with Gasteiger partial charge in [-0.1, -0.05) is 42.5 Å². The first-order valence-corrected chi connectivity index (χ1v) is 11.2. The van der Waals surface area contributed by atoms with Crippen LogP contribution in [0.3, 0.4) is 0 Å². The molecule has 1 aromatic heterocycles. The number of ether oxygens (including phenoxy) is 1. The molecule has 9 heteroatoms. The molecule has 1 amide bonds. The van der Waals surface area contributed by atoms with Crippen LogP contribution in [0.4, 0.5) is 18.9 Å². The molecule has 5 rings (SSSR count). The summed E-state index contributed by atoms with van der Waals surface area (Å²) in [6, 6.07) is 14.4. The number of carbonyl (C=O) groups is 1. The van der Waals surface area contributed by atoms with Gasteiger partial charge in [0.1, 0.15) is 17.9 Å². The Kier molecular flexibility index (Phi) is 5.84. The minimum absolute atomic E-state index is 0.00745. The van der Waals surface area contributed by atoms with Gasteiger partial charge in [-0.2, -0.15) is 13.2 Å². The molecule has 1 aliphatic heterocycles. The third kappa shape index (κ3) is 4.03. The van der Waals surface area contributed by atoms with E-state index in [1.165, 1.54) is 30.3 Å². The van der Waals surface area contributed by atoms with Crippen molar-refractivity contribution in [1.29, 1.82) is 0 Å². The molecule has 3 aromatic carbocycles. The molecule has 182 valence electrons. The van der Waals surface area contributed by atoms with Gasteiger partial charge >= 0.3 is 6.18 Å². The van der Waals surface area contributed by atoms with Gasteiger partial charge in [0.15, 0.2) is 5.43 Å². The van der Waals surface area contributed by atoms with Crippen LogP contribution in [0, 0.1) is 0 Å². The van der Waals surface area contributed by atoms with Crippen LogP contribution in [0.1, 0.15) is 33.3 Å². The molecule has 0 fully saturated rings. The number of anilines is 1. The van der Waals surface area contributed by atoms with Crippen molar-refractivity contribution in [3.05, 3.63) is 117 Å². The summed E-state index contributed by atoms with van der Waals surface area (Å²) in [5.41, 5.74) is -0.863. The number of carbonyl (C=O) groups excluding carboxylic acids is 1. The quantitative estimate of drug-likeness (QED) is 0.277. The first-order valence-electron chi connectivity index (χ1n) is 10.8. The zero-order valence-corrected chi connectivity index (χ0v) is 19.3. The molecule has 4 aromatic rings. The van der Waals surface area contributed by atoms with E-state index in [1.807, 2.05) is 0 Å². The zero-order chi connectivity index (χ0) is 25.6. The Morgan fingerprint density at radius 3 is 2.58 bits per heavy atom. The van der Waals surface area contributed by atoms with Crippen molar-refractivity contribution in [2.24, 2.45) is 0 Å². The van der Waals surface area contributed by atoms with E-state index in [1.54, 1.807) is 30.3 Å². The number of hydrogen-bond donors (Lipinski definition) is 0. The minimum atomic E-state index is -4.63. The number of halogens is 4. The van der Waals surface area contributed by atoms with Crippen molar-refractivity contribution in [2.75, 3.05) is 11.5 Å². The van der Waals surface area contributed by atoms with E-state index in [2.05, 4.69) is 6.58 Å². The van der Waals surface area contributed by atoms with E-state index in [9.17, 15) is 22.8 Å². The lowest BCUT2D eigenvalue weighted by molar-refractivity contribution is -0.137. The van der Waals surface area contributed by atoms with Crippen molar-refractivity contribution in [3.63, 3.8) is 0 Å². The Hall–Kier alpha value is -4.04. The lowest BCUT2D eigenvalue weighted by atomic mass is 9.98. The summed E-state index contributed by atoms with van der Waals surface area (Å²) in [5.74, 6) is -0.541. The minimum Gasteiger partial charge on any atom is -0.490 e. The summed E-state index contributed by atoms with van der Waals surface area (Å²) in [4.78, 5) is 28.4. The summed E-state index contributed by atoms with van der Waals surface area (Å²) < 4.78 is 51.9. The van der Waals surface area contributed by atoms with Crippen LogP contribution in [-0.4, -0.2) is 12.5 Å². The number of fused-ring (bicyclic) bond motifs is 2. The first kappa shape index (κ1) is 23.7. The van der Waals surface area contributed by atoms with Crippen LogP contribution < -0.4 is 15.1 Å². The SMILES string of the molecule is C=CCOc1cccc(C2c3c(oc4ccc(Cl)cc4c3=O)C(=O)N2c2cccc(C(F)(F)F)c2)c1. The lowest BCUT2D eigenvalue weighted by Crippen LogP contribution is -2.29. The third-order valence-corrected chi connectivity index (χ3v) is 6.06. The van der Waals surface area contributed by atoms with E-state index >= 15 is 0 Å². The summed E-state index contributed by atoms with van der Waals surface area (Å²) >= 11 is 6.09. The Bertz CT molecular complexity index is 1580. The zero-order valence-electron chi connectivity index (χ0n) is 18.5. The standard InChI is InChI=1S/C27H17ClF3NO4/c1-2-11-35-19-8-3-5-15(12-19)23-22-24(33)20-14-17(28)9-10-21(20)36-25(22)26(34)32(23)18-7-4-6-16(13-18)27(29,30)31/h2-10,12-14,23H,1,11H2. The maximum absolute atomic E-state index is 13.6. The van der Waals surface area contributed by atoms with Crippen molar-refractivity contribution in [2.45, 2.75) is 12.2 Å². The lowest BCUT2D eigenvalue weighted by Gasteiger charge is -2.26. The number of hydrogen-bond acceptors (Lipinski definition) is 4. The van der Waals surface area contributed by atoms with E-state index in [0.717, 1.165) is 17.0 Å². The first-order chi connectivity index (χ1) is 17.2. The molecule has 0 radical (unpaired) electrons. The Labute approximate surface area is 208 Å². The van der Waals surface area contributed by atoms with Crippen molar-refractivity contribution in [3.8, 4) is 5.75 Å². The summed E-state index contributed by atoms with van der Waals surface area (Å²) in [5, 5.41) is 0.453. The predicted octanol–water partition coefficient (Wildman–Crippen LogP) is 6.78. The number of alkyl halides is 3. The van der Waals surface area contributed by atoms with Gasteiger partial charge in [-0.25, -0.2) is 0 Å². The molecule has 0 spiro atoms. The molecule has 1 aliphatic rings. The molecule has 0 saturated carbocycles. The van der Waals surface area contributed by atoms with Crippen LogP contribution in [0.25, 0.3) is 11.0 Å². The van der Waals surface area contributed by atoms with Gasteiger partial charge in [-0.3, -0.25) is 14.5 Å². The van der Waals surface area contributed by atoms with Crippen LogP contribution in [0.5, 0.6) is 5.75 Å². The highest BCUT2D eigenvalue weighted by atomic mass is 35.5. The molecule has 0 bridgehead atoms. The third-order valence-electron chi connectivity index (χ3n) is 5.83. The second-order valence-corrected chi connectivity index (χ2v) is 8.55. The molecule has 0 N–H and O–H groups in total. The van der Waals surface area contributed by atoms with E-state index in [-0.39, 0.29) is 34.6 Å². The van der Waals surface area contributed by atoms with Gasteiger partial charge in [0, 0.05) is 10.7 Å². The Morgan fingerprint density at radius 2 is 1.83 bits per heavy atom. The van der Waals surface area contributed by atoms with Gasteiger partial charge in [-0.15, -0.1) is 0 Å². The highest BCUT2D eigenvalue weighted by Gasteiger charge is 2.44. The summed E-state index contributed by atoms with van der Waals surface area (Å²) in [6.45, 7) is 3.82. The Balaban J connectivity index is 1.77. The molecule has 0 saturated heterocycles. The number of nitrogens with zero attached hydrogens (tertiary/aromatic N) is 1. The number of benzene rings is 3. The number of amides is 1. The van der Waals surface area contributed by atoms with Gasteiger partial charge in [0.25, 0.3) is 5.91 Å². The second-order valence-electron chi connectivity index (χ2n) is 8.11. The van der Waals surface area contributed by atoms with Gasteiger partial charge in [0.2, 0.25) is 5.76 Å². The van der Waals surface area contributed by atoms with Gasteiger partial charge < -0.3 is 9.15 Å². The smallest absolute Gasteiger partial charge is 0.416 e. The van der Waals surface area contributed by atoms with Crippen molar-refractivity contribution >= 4 is 34.2 Å². The van der Waals surface area contributed by atoms with E-state index in [4.69, 9.17) is 20.8 Å². The normalized spacial score (nSPS) is 15.3. The average Bonchev–Trinajstić information content (AvgIpc) is 3.15. The molecular formula is C27H17ClF3NO4. The average molecular weight is 512 g/mol. The fraction of sp³-hybridized carbons (Fsp3) is 0.111.